The molecule has 2 rings (SSSR count). The van der Waals surface area contributed by atoms with E-state index in [9.17, 15) is 0 Å². The Morgan fingerprint density at radius 3 is 2.33 bits per heavy atom. The highest BCUT2D eigenvalue weighted by atomic mass is 14.6. The molecule has 0 atom stereocenters. The van der Waals surface area contributed by atoms with Crippen molar-refractivity contribution in [1.82, 2.24) is 0 Å². The van der Waals surface area contributed by atoms with Gasteiger partial charge in [0.2, 0.25) is 0 Å². The van der Waals surface area contributed by atoms with Crippen molar-refractivity contribution >= 4 is 11.4 Å². The van der Waals surface area contributed by atoms with Crippen LogP contribution in [0.1, 0.15) is 18.1 Å². The number of hydrogen-bond donors (Lipinski definition) is 2. The molecule has 0 unspecified atom stereocenters. The molecule has 0 saturated carbocycles. The van der Waals surface area contributed by atoms with Crippen molar-refractivity contribution in [3.63, 3.8) is 0 Å². The number of allylic oxidation sites excluding steroid dienone is 1. The minimum absolute atomic E-state index is 0.558. The van der Waals surface area contributed by atoms with Gasteiger partial charge in [0.1, 0.15) is 0 Å². The normalized spacial score (nSPS) is 15.2. The summed E-state index contributed by atoms with van der Waals surface area (Å²) in [5.74, 6) is 0. The standard InChI is InChI=1S/C10H10N2/c1-6-9(11)7-4-2-3-5-8(7)10(6)12/h2-5,11H,12H2,1H3. The van der Waals surface area contributed by atoms with E-state index >= 15 is 0 Å². The second-order valence-electron chi connectivity index (χ2n) is 2.96. The molecular formula is C10H10N2. The topological polar surface area (TPSA) is 49.9 Å². The largest absolute Gasteiger partial charge is 0.398 e. The zero-order valence-electron chi connectivity index (χ0n) is 6.89. The van der Waals surface area contributed by atoms with Gasteiger partial charge in [-0.15, -0.1) is 0 Å². The van der Waals surface area contributed by atoms with Crippen molar-refractivity contribution in [2.45, 2.75) is 6.92 Å². The van der Waals surface area contributed by atoms with Gasteiger partial charge < -0.3 is 5.73 Å². The lowest BCUT2D eigenvalue weighted by atomic mass is 10.1. The third-order valence-corrected chi connectivity index (χ3v) is 2.27. The van der Waals surface area contributed by atoms with Gasteiger partial charge >= 0.3 is 0 Å². The Morgan fingerprint density at radius 1 is 1.17 bits per heavy atom. The molecule has 0 bridgehead atoms. The van der Waals surface area contributed by atoms with Gasteiger partial charge in [0.15, 0.2) is 0 Å². The molecule has 0 fully saturated rings. The average molecular weight is 158 g/mol. The summed E-state index contributed by atoms with van der Waals surface area (Å²) in [4.78, 5) is 0. The predicted molar refractivity (Wildman–Crippen MR) is 50.1 cm³/mol. The Morgan fingerprint density at radius 2 is 1.75 bits per heavy atom. The third kappa shape index (κ3) is 0.720. The smallest absolute Gasteiger partial charge is 0.0668 e. The number of hydrogen-bond acceptors (Lipinski definition) is 2. The van der Waals surface area contributed by atoms with Gasteiger partial charge in [0, 0.05) is 16.8 Å². The molecule has 12 heavy (non-hydrogen) atoms. The second kappa shape index (κ2) is 2.21. The molecule has 1 aliphatic carbocycles. The molecule has 2 heteroatoms. The van der Waals surface area contributed by atoms with Gasteiger partial charge in [0.05, 0.1) is 5.71 Å². The second-order valence-corrected chi connectivity index (χ2v) is 2.96. The van der Waals surface area contributed by atoms with E-state index in [0.29, 0.717) is 5.71 Å². The van der Waals surface area contributed by atoms with E-state index in [1.807, 2.05) is 31.2 Å². The summed E-state index contributed by atoms with van der Waals surface area (Å²) < 4.78 is 0. The Hall–Kier alpha value is -1.57. The zero-order chi connectivity index (χ0) is 8.72. The molecule has 2 nitrogen and oxygen atoms in total. The molecule has 0 amide bonds. The first kappa shape index (κ1) is 7.10. The predicted octanol–water partition coefficient (Wildman–Crippen LogP) is 1.76. The van der Waals surface area contributed by atoms with Crippen LogP contribution in [0, 0.1) is 5.41 Å². The maximum Gasteiger partial charge on any atom is 0.0668 e. The maximum absolute atomic E-state index is 7.73. The highest BCUT2D eigenvalue weighted by Gasteiger charge is 2.20. The fraction of sp³-hybridized carbons (Fsp3) is 0.100. The number of fused-ring (bicyclic) bond motifs is 1. The van der Waals surface area contributed by atoms with E-state index in [0.717, 1.165) is 22.4 Å². The lowest BCUT2D eigenvalue weighted by Crippen LogP contribution is -1.95. The number of nitrogens with one attached hydrogen (secondary N) is 1. The molecule has 3 N–H and O–H groups in total. The maximum atomic E-state index is 7.73. The summed E-state index contributed by atoms with van der Waals surface area (Å²) >= 11 is 0. The molecule has 0 radical (unpaired) electrons. The van der Waals surface area contributed by atoms with Crippen LogP contribution in [0.5, 0.6) is 0 Å². The van der Waals surface area contributed by atoms with Crippen molar-refractivity contribution in [3.8, 4) is 0 Å². The molecule has 1 aromatic rings. The molecule has 1 aliphatic rings. The van der Waals surface area contributed by atoms with Crippen LogP contribution >= 0.6 is 0 Å². The van der Waals surface area contributed by atoms with Gasteiger partial charge in [0.25, 0.3) is 0 Å². The first-order valence-corrected chi connectivity index (χ1v) is 3.87. The van der Waals surface area contributed by atoms with Crippen LogP contribution in [0.3, 0.4) is 0 Å². The van der Waals surface area contributed by atoms with Gasteiger partial charge in [-0.2, -0.15) is 0 Å². The monoisotopic (exact) mass is 158 g/mol. The summed E-state index contributed by atoms with van der Waals surface area (Å²) in [5, 5.41) is 7.73. The van der Waals surface area contributed by atoms with Crippen molar-refractivity contribution < 1.29 is 0 Å². The lowest BCUT2D eigenvalue weighted by molar-refractivity contribution is 1.46. The SMILES string of the molecule is CC1=C(N)c2ccccc2C1=N. The fourth-order valence-corrected chi connectivity index (χ4v) is 1.47. The van der Waals surface area contributed by atoms with Crippen molar-refractivity contribution in [1.29, 1.82) is 5.41 Å². The fourth-order valence-electron chi connectivity index (χ4n) is 1.47. The Kier molecular flexibility index (Phi) is 1.30. The van der Waals surface area contributed by atoms with Crippen LogP contribution in [0.15, 0.2) is 29.8 Å². The zero-order valence-corrected chi connectivity index (χ0v) is 6.89. The molecule has 0 spiro atoms. The number of benzene rings is 1. The highest BCUT2D eigenvalue weighted by molar-refractivity contribution is 6.21. The van der Waals surface area contributed by atoms with Crippen LogP contribution in [-0.2, 0) is 0 Å². The van der Waals surface area contributed by atoms with Crippen molar-refractivity contribution in [2.24, 2.45) is 5.73 Å². The summed E-state index contributed by atoms with van der Waals surface area (Å²) in [7, 11) is 0. The Labute approximate surface area is 71.2 Å². The van der Waals surface area contributed by atoms with Gasteiger partial charge in [-0.3, -0.25) is 5.41 Å². The highest BCUT2D eigenvalue weighted by Crippen LogP contribution is 2.28. The summed E-state index contributed by atoms with van der Waals surface area (Å²) in [6.07, 6.45) is 0. The van der Waals surface area contributed by atoms with Crippen molar-refractivity contribution in [3.05, 3.63) is 41.0 Å². The minimum atomic E-state index is 0.558. The van der Waals surface area contributed by atoms with Crippen LogP contribution < -0.4 is 5.73 Å². The Balaban J connectivity index is 2.73. The van der Waals surface area contributed by atoms with Crippen molar-refractivity contribution in [2.75, 3.05) is 0 Å². The summed E-state index contributed by atoms with van der Waals surface area (Å²) in [6, 6.07) is 7.76. The van der Waals surface area contributed by atoms with E-state index in [2.05, 4.69) is 0 Å². The van der Waals surface area contributed by atoms with Crippen LogP contribution in [-0.4, -0.2) is 5.71 Å². The van der Waals surface area contributed by atoms with Crippen LogP contribution in [0.2, 0.25) is 0 Å². The first-order valence-electron chi connectivity index (χ1n) is 3.87. The van der Waals surface area contributed by atoms with E-state index in [1.165, 1.54) is 0 Å². The van der Waals surface area contributed by atoms with Crippen LogP contribution in [0.4, 0.5) is 0 Å². The molecule has 1 aromatic carbocycles. The van der Waals surface area contributed by atoms with Gasteiger partial charge in [-0.05, 0) is 12.5 Å². The van der Waals surface area contributed by atoms with E-state index < -0.39 is 0 Å². The quantitative estimate of drug-likeness (QED) is 0.593. The van der Waals surface area contributed by atoms with Crippen LogP contribution in [0.25, 0.3) is 5.70 Å². The third-order valence-electron chi connectivity index (χ3n) is 2.27. The number of rotatable bonds is 0. The molecule has 0 saturated heterocycles. The molecule has 0 heterocycles. The van der Waals surface area contributed by atoms with Gasteiger partial charge in [-0.25, -0.2) is 0 Å². The molecule has 0 aliphatic heterocycles. The first-order chi connectivity index (χ1) is 5.72. The van der Waals surface area contributed by atoms with E-state index in [4.69, 9.17) is 11.1 Å². The minimum Gasteiger partial charge on any atom is -0.398 e. The number of nitrogens with two attached hydrogens (primary N) is 1. The van der Waals surface area contributed by atoms with Gasteiger partial charge in [-0.1, -0.05) is 24.3 Å². The summed E-state index contributed by atoms with van der Waals surface area (Å²) in [5.41, 5.74) is 9.96. The molecular weight excluding hydrogens is 148 g/mol. The lowest BCUT2D eigenvalue weighted by Gasteiger charge is -1.97. The van der Waals surface area contributed by atoms with E-state index in [-0.39, 0.29) is 0 Å². The van der Waals surface area contributed by atoms with E-state index in [1.54, 1.807) is 0 Å². The average Bonchev–Trinajstić information content (AvgIpc) is 2.33. The summed E-state index contributed by atoms with van der Waals surface area (Å²) in [6.45, 7) is 1.89. The Bertz CT molecular complexity index is 389. The molecule has 0 aromatic heterocycles. The molecule has 60 valence electrons.